The van der Waals surface area contributed by atoms with Crippen LogP contribution >= 0.6 is 0 Å². The average molecular weight is 703 g/mol. The van der Waals surface area contributed by atoms with Crippen LogP contribution in [0.5, 0.6) is 0 Å². The largest absolute Gasteiger partial charge is 0.444 e. The molecule has 13 heteroatoms. The van der Waals surface area contributed by atoms with Gasteiger partial charge in [-0.15, -0.1) is 0 Å². The van der Waals surface area contributed by atoms with Crippen LogP contribution in [0, 0.1) is 0 Å². The van der Waals surface area contributed by atoms with Crippen molar-refractivity contribution in [2.45, 2.75) is 71.8 Å². The Morgan fingerprint density at radius 3 is 2.48 bits per heavy atom. The molecule has 4 heterocycles. The number of ether oxygens (including phenoxy) is 1. The van der Waals surface area contributed by atoms with E-state index in [0.29, 0.717) is 56.0 Å². The maximum absolute atomic E-state index is 13.9. The van der Waals surface area contributed by atoms with Crippen molar-refractivity contribution in [1.82, 2.24) is 35.3 Å². The summed E-state index contributed by atoms with van der Waals surface area (Å²) in [6, 6.07) is 19.6. The Bertz CT molecular complexity index is 2130. The van der Waals surface area contributed by atoms with E-state index in [2.05, 4.69) is 25.9 Å². The summed E-state index contributed by atoms with van der Waals surface area (Å²) >= 11 is 0. The predicted octanol–water partition coefficient (Wildman–Crippen LogP) is 5.88. The Kier molecular flexibility index (Phi) is 10.6. The second-order valence-electron chi connectivity index (χ2n) is 13.7. The number of urea groups is 1. The van der Waals surface area contributed by atoms with Crippen LogP contribution in [-0.2, 0) is 29.2 Å². The molecule has 2 aromatic carbocycles. The highest BCUT2D eigenvalue weighted by molar-refractivity contribution is 5.95. The molecule has 0 bridgehead atoms. The molecular formula is C39H42N8O5. The van der Waals surface area contributed by atoms with Crippen molar-refractivity contribution >= 4 is 34.6 Å². The molecule has 1 aliphatic heterocycles. The zero-order valence-corrected chi connectivity index (χ0v) is 29.7. The Morgan fingerprint density at radius 2 is 1.71 bits per heavy atom. The summed E-state index contributed by atoms with van der Waals surface area (Å²) in [5.41, 5.74) is 5.21. The van der Waals surface area contributed by atoms with E-state index in [4.69, 9.17) is 9.84 Å². The first-order valence-electron chi connectivity index (χ1n) is 17.3. The first kappa shape index (κ1) is 35.7. The number of carbonyl (C=O) groups excluding carboxylic acids is 3. The van der Waals surface area contributed by atoms with E-state index in [-0.39, 0.29) is 17.5 Å². The second kappa shape index (κ2) is 15.4. The summed E-state index contributed by atoms with van der Waals surface area (Å²) in [5.74, 6) is -0.336. The van der Waals surface area contributed by atoms with E-state index in [9.17, 15) is 19.2 Å². The Balaban J connectivity index is 1.16. The number of benzene rings is 2. The Hall–Kier alpha value is -6.11. The molecule has 13 nitrogen and oxygen atoms in total. The van der Waals surface area contributed by atoms with Gasteiger partial charge in [-0.2, -0.15) is 5.10 Å². The predicted molar refractivity (Wildman–Crippen MR) is 198 cm³/mol. The van der Waals surface area contributed by atoms with E-state index in [1.807, 2.05) is 60.7 Å². The maximum atomic E-state index is 13.9. The number of carbonyl (C=O) groups is 3. The molecular weight excluding hydrogens is 660 g/mol. The first-order valence-corrected chi connectivity index (χ1v) is 17.3. The minimum atomic E-state index is -0.775. The Labute approximate surface area is 301 Å². The van der Waals surface area contributed by atoms with Gasteiger partial charge in [0.1, 0.15) is 11.6 Å². The van der Waals surface area contributed by atoms with E-state index in [1.165, 1.54) is 4.68 Å². The molecule has 0 fully saturated rings. The Morgan fingerprint density at radius 1 is 0.923 bits per heavy atom. The number of pyridine rings is 2. The number of amides is 4. The third-order valence-corrected chi connectivity index (χ3v) is 8.58. The van der Waals surface area contributed by atoms with E-state index < -0.39 is 17.7 Å². The first-order chi connectivity index (χ1) is 24.9. The fourth-order valence-electron chi connectivity index (χ4n) is 5.96. The van der Waals surface area contributed by atoms with Crippen LogP contribution in [0.4, 0.5) is 15.3 Å². The van der Waals surface area contributed by atoms with Crippen molar-refractivity contribution in [3.05, 3.63) is 107 Å². The summed E-state index contributed by atoms with van der Waals surface area (Å²) in [5, 5.41) is 13.9. The van der Waals surface area contributed by atoms with Gasteiger partial charge in [-0.05, 0) is 93.6 Å². The van der Waals surface area contributed by atoms with Crippen LogP contribution in [0.1, 0.15) is 51.7 Å². The molecule has 0 saturated carbocycles. The standard InChI is InChI=1S/C39H42N8O5/c1-25(43-38(51)52-39(2,3)4)35(48)42-17-5-6-20-47-36(49)32(30-9-7-11-33-31(30)10-8-18-41-33)21-34(45-47)26-12-14-29(15-13-26)44-37(50)46-23-27-16-19-40-22-28(27)24-46/h7-16,18-19,21-22,25H,5-6,17,20,23-24H2,1-4H3,(H,42,48)(H,43,51)(H,44,50)/t25-/m0/s1. The molecule has 0 aliphatic carbocycles. The summed E-state index contributed by atoms with van der Waals surface area (Å²) in [4.78, 5) is 61.9. The van der Waals surface area contributed by atoms with Crippen molar-refractivity contribution in [3.8, 4) is 22.4 Å². The van der Waals surface area contributed by atoms with Crippen LogP contribution in [0.3, 0.4) is 0 Å². The minimum absolute atomic E-state index is 0.201. The lowest BCUT2D eigenvalue weighted by Gasteiger charge is -2.21. The average Bonchev–Trinajstić information content (AvgIpc) is 3.56. The molecule has 4 amide bonds. The third-order valence-electron chi connectivity index (χ3n) is 8.58. The zero-order chi connectivity index (χ0) is 36.8. The number of nitrogens with zero attached hydrogens (tertiary/aromatic N) is 5. The number of hydrogen-bond donors (Lipinski definition) is 3. The maximum Gasteiger partial charge on any atom is 0.408 e. The molecule has 52 heavy (non-hydrogen) atoms. The number of anilines is 1. The van der Waals surface area contributed by atoms with E-state index >= 15 is 0 Å². The smallest absolute Gasteiger partial charge is 0.408 e. The van der Waals surface area contributed by atoms with Crippen molar-refractivity contribution in [3.63, 3.8) is 0 Å². The number of fused-ring (bicyclic) bond motifs is 2. The molecule has 3 aromatic heterocycles. The van der Waals surface area contributed by atoms with Crippen molar-refractivity contribution in [2.24, 2.45) is 0 Å². The lowest BCUT2D eigenvalue weighted by Crippen LogP contribution is -2.46. The van der Waals surface area contributed by atoms with Crippen molar-refractivity contribution in [2.75, 3.05) is 11.9 Å². The van der Waals surface area contributed by atoms with Gasteiger partial charge in [0.15, 0.2) is 0 Å². The fourth-order valence-corrected chi connectivity index (χ4v) is 5.96. The lowest BCUT2D eigenvalue weighted by atomic mass is 10.00. The second-order valence-corrected chi connectivity index (χ2v) is 13.7. The zero-order valence-electron chi connectivity index (χ0n) is 29.7. The van der Waals surface area contributed by atoms with Gasteiger partial charge >= 0.3 is 12.1 Å². The topological polar surface area (TPSA) is 160 Å². The van der Waals surface area contributed by atoms with Gasteiger partial charge < -0.3 is 25.6 Å². The number of alkyl carbamates (subject to hydrolysis) is 1. The van der Waals surface area contributed by atoms with Crippen LogP contribution in [-0.4, -0.2) is 60.9 Å². The van der Waals surface area contributed by atoms with Gasteiger partial charge in [-0.1, -0.05) is 30.3 Å². The highest BCUT2D eigenvalue weighted by atomic mass is 16.6. The number of aromatic nitrogens is 4. The molecule has 0 radical (unpaired) electrons. The van der Waals surface area contributed by atoms with Crippen LogP contribution in [0.2, 0.25) is 0 Å². The van der Waals surface area contributed by atoms with Crippen LogP contribution < -0.4 is 21.5 Å². The molecule has 0 spiro atoms. The lowest BCUT2D eigenvalue weighted by molar-refractivity contribution is -0.122. The fraction of sp³-hybridized carbons (Fsp3) is 0.308. The molecule has 0 unspecified atom stereocenters. The van der Waals surface area contributed by atoms with Crippen molar-refractivity contribution < 1.29 is 19.1 Å². The van der Waals surface area contributed by atoms with Gasteiger partial charge in [0.25, 0.3) is 5.56 Å². The normalized spacial score (nSPS) is 13.0. The monoisotopic (exact) mass is 702 g/mol. The van der Waals surface area contributed by atoms with Crippen LogP contribution in [0.15, 0.2) is 90.1 Å². The third kappa shape index (κ3) is 8.60. The number of unbranched alkanes of at least 4 members (excludes halogenated alkanes) is 1. The molecule has 0 saturated heterocycles. The highest BCUT2D eigenvalue weighted by Crippen LogP contribution is 2.29. The molecule has 3 N–H and O–H groups in total. The number of hydrogen-bond acceptors (Lipinski definition) is 8. The van der Waals surface area contributed by atoms with Gasteiger partial charge in [0.2, 0.25) is 5.91 Å². The van der Waals surface area contributed by atoms with Gasteiger partial charge in [0, 0.05) is 61.4 Å². The van der Waals surface area contributed by atoms with Crippen molar-refractivity contribution in [1.29, 1.82) is 0 Å². The molecule has 268 valence electrons. The summed E-state index contributed by atoms with van der Waals surface area (Å²) in [6.07, 6.45) is 5.71. The SMILES string of the molecule is C[C@H](NC(=O)OC(C)(C)C)C(=O)NCCCCn1nc(-c2ccc(NC(=O)N3Cc4ccncc4C3)cc2)cc(-c2cccc3ncccc23)c1=O. The van der Waals surface area contributed by atoms with Crippen LogP contribution in [0.25, 0.3) is 33.3 Å². The molecule has 1 atom stereocenters. The van der Waals surface area contributed by atoms with Gasteiger partial charge in [-0.25, -0.2) is 14.3 Å². The number of aryl methyl sites for hydroxylation is 1. The number of rotatable bonds is 10. The summed E-state index contributed by atoms with van der Waals surface area (Å²) in [6.45, 7) is 8.53. The summed E-state index contributed by atoms with van der Waals surface area (Å²) < 4.78 is 6.69. The van der Waals surface area contributed by atoms with E-state index in [1.54, 1.807) is 57.3 Å². The molecule has 6 rings (SSSR count). The summed E-state index contributed by atoms with van der Waals surface area (Å²) in [7, 11) is 0. The van der Waals surface area contributed by atoms with Gasteiger partial charge in [-0.3, -0.25) is 19.6 Å². The molecule has 5 aromatic rings. The van der Waals surface area contributed by atoms with Gasteiger partial charge in [0.05, 0.1) is 16.8 Å². The highest BCUT2D eigenvalue weighted by Gasteiger charge is 2.24. The van der Waals surface area contributed by atoms with E-state index in [0.717, 1.165) is 33.2 Å². The number of nitrogens with one attached hydrogen (secondary N) is 3. The quantitative estimate of drug-likeness (QED) is 0.152. The molecule has 1 aliphatic rings. The minimum Gasteiger partial charge on any atom is -0.444 e.